The van der Waals surface area contributed by atoms with Gasteiger partial charge in [0.05, 0.1) is 5.69 Å². The highest BCUT2D eigenvalue weighted by Crippen LogP contribution is 2.31. The first kappa shape index (κ1) is 20.4. The number of rotatable bonds is 4. The molecule has 4 rings (SSSR count). The second kappa shape index (κ2) is 7.77. The Bertz CT molecular complexity index is 1220. The normalized spacial score (nSPS) is 17.9. The van der Waals surface area contributed by atoms with Gasteiger partial charge in [0.15, 0.2) is 4.90 Å². The summed E-state index contributed by atoms with van der Waals surface area (Å²) < 4.78 is 58.0. The number of aryl methyl sites for hydroxylation is 1. The average molecular weight is 434 g/mol. The highest BCUT2D eigenvalue weighted by Gasteiger charge is 2.36. The summed E-state index contributed by atoms with van der Waals surface area (Å²) in [6.45, 7) is 0.106. The van der Waals surface area contributed by atoms with Crippen LogP contribution in [0.25, 0.3) is 5.69 Å². The summed E-state index contributed by atoms with van der Waals surface area (Å²) in [6.07, 6.45) is 1.06. The second-order valence-electron chi connectivity index (χ2n) is 7.19. The monoisotopic (exact) mass is 434 g/mol. The molecule has 1 fully saturated rings. The van der Waals surface area contributed by atoms with Crippen molar-refractivity contribution in [3.05, 3.63) is 76.5 Å². The van der Waals surface area contributed by atoms with E-state index in [9.17, 15) is 22.0 Å². The van der Waals surface area contributed by atoms with Gasteiger partial charge in [0.1, 0.15) is 17.5 Å². The number of halogens is 2. The van der Waals surface area contributed by atoms with Crippen molar-refractivity contribution in [1.29, 1.82) is 0 Å². The van der Waals surface area contributed by atoms with Gasteiger partial charge in [-0.3, -0.25) is 0 Å². The summed E-state index contributed by atoms with van der Waals surface area (Å²) in [7, 11) is -2.86. The Morgan fingerprint density at radius 1 is 1.03 bits per heavy atom. The number of sulfonamides is 1. The average Bonchev–Trinajstić information content (AvgIpc) is 3.03. The Balaban J connectivity index is 1.73. The van der Waals surface area contributed by atoms with Gasteiger partial charge in [0, 0.05) is 26.1 Å². The summed E-state index contributed by atoms with van der Waals surface area (Å²) in [5, 5.41) is 4.33. The number of para-hydroxylation sites is 1. The number of hydrogen-bond donors (Lipinski definition) is 0. The first-order valence-corrected chi connectivity index (χ1v) is 10.9. The number of hydrogen-bond acceptors (Lipinski definition) is 4. The fourth-order valence-corrected chi connectivity index (χ4v) is 5.43. The quantitative estimate of drug-likeness (QED) is 0.632. The predicted molar refractivity (Wildman–Crippen MR) is 106 cm³/mol. The molecule has 1 aliphatic rings. The molecule has 0 N–H and O–H groups in total. The summed E-state index contributed by atoms with van der Waals surface area (Å²) in [6, 6.07) is 11.9. The predicted octanol–water partition coefficient (Wildman–Crippen LogP) is 2.42. The van der Waals surface area contributed by atoms with Crippen molar-refractivity contribution in [3.63, 3.8) is 0 Å². The molecule has 10 heteroatoms. The van der Waals surface area contributed by atoms with E-state index in [1.54, 1.807) is 24.3 Å². The lowest BCUT2D eigenvalue weighted by molar-refractivity contribution is 0.304. The summed E-state index contributed by atoms with van der Waals surface area (Å²) in [4.78, 5) is 11.7. The van der Waals surface area contributed by atoms with E-state index in [4.69, 9.17) is 0 Å². The molecule has 1 aliphatic heterocycles. The smallest absolute Gasteiger partial charge is 0.247 e. The lowest BCUT2D eigenvalue weighted by atomic mass is 9.98. The maximum Gasteiger partial charge on any atom is 0.350 e. The second-order valence-corrected chi connectivity index (χ2v) is 9.06. The number of benzene rings is 2. The van der Waals surface area contributed by atoms with Crippen LogP contribution in [0.3, 0.4) is 0 Å². The Morgan fingerprint density at radius 3 is 2.37 bits per heavy atom. The van der Waals surface area contributed by atoms with Crippen LogP contribution < -0.4 is 5.69 Å². The maximum atomic E-state index is 14.2. The summed E-state index contributed by atoms with van der Waals surface area (Å²) in [5.41, 5.74) is 0.266. The zero-order valence-electron chi connectivity index (χ0n) is 16.2. The van der Waals surface area contributed by atoms with Gasteiger partial charge >= 0.3 is 5.69 Å². The van der Waals surface area contributed by atoms with Crippen LogP contribution in [0, 0.1) is 11.6 Å². The molecule has 1 atom stereocenters. The molecule has 30 heavy (non-hydrogen) atoms. The van der Waals surface area contributed by atoms with E-state index in [1.165, 1.54) is 16.3 Å². The first-order valence-electron chi connectivity index (χ1n) is 9.46. The summed E-state index contributed by atoms with van der Waals surface area (Å²) >= 11 is 0. The van der Waals surface area contributed by atoms with E-state index in [0.717, 1.165) is 22.5 Å². The van der Waals surface area contributed by atoms with E-state index in [-0.39, 0.29) is 18.8 Å². The molecule has 2 aromatic carbocycles. The molecular weight excluding hydrogens is 414 g/mol. The molecular formula is C20H20F2N4O3S. The van der Waals surface area contributed by atoms with Crippen LogP contribution in [0.4, 0.5) is 8.78 Å². The Morgan fingerprint density at radius 2 is 1.70 bits per heavy atom. The first-order chi connectivity index (χ1) is 14.3. The van der Waals surface area contributed by atoms with Gasteiger partial charge in [-0.15, -0.1) is 0 Å². The molecule has 3 aromatic rings. The van der Waals surface area contributed by atoms with Gasteiger partial charge < -0.3 is 0 Å². The fraction of sp³-hybridized carbons (Fsp3) is 0.300. The highest BCUT2D eigenvalue weighted by molar-refractivity contribution is 7.89. The van der Waals surface area contributed by atoms with Gasteiger partial charge in [-0.1, -0.05) is 24.3 Å². The Kier molecular flexibility index (Phi) is 5.29. The molecule has 0 spiro atoms. The lowest BCUT2D eigenvalue weighted by Crippen LogP contribution is -2.40. The minimum atomic E-state index is -4.38. The van der Waals surface area contributed by atoms with Gasteiger partial charge in [-0.25, -0.2) is 31.2 Å². The molecule has 0 amide bonds. The van der Waals surface area contributed by atoms with E-state index in [2.05, 4.69) is 5.10 Å². The molecule has 2 heterocycles. The molecule has 158 valence electrons. The number of aromatic nitrogens is 3. The van der Waals surface area contributed by atoms with Crippen LogP contribution in [0.5, 0.6) is 0 Å². The minimum Gasteiger partial charge on any atom is -0.247 e. The van der Waals surface area contributed by atoms with Crippen molar-refractivity contribution in [2.75, 3.05) is 13.1 Å². The summed E-state index contributed by atoms with van der Waals surface area (Å²) in [5.74, 6) is -2.24. The van der Waals surface area contributed by atoms with Crippen LogP contribution >= 0.6 is 0 Å². The third-order valence-corrected chi connectivity index (χ3v) is 7.15. The van der Waals surface area contributed by atoms with Crippen LogP contribution in [0.1, 0.15) is 24.6 Å². The van der Waals surface area contributed by atoms with Crippen LogP contribution in [0.15, 0.2) is 58.2 Å². The third-order valence-electron chi connectivity index (χ3n) is 5.23. The van der Waals surface area contributed by atoms with Gasteiger partial charge in [0.2, 0.25) is 10.0 Å². The third kappa shape index (κ3) is 3.46. The van der Waals surface area contributed by atoms with Gasteiger partial charge in [-0.05, 0) is 37.1 Å². The van der Waals surface area contributed by atoms with Crippen molar-refractivity contribution in [1.82, 2.24) is 18.7 Å². The molecule has 0 radical (unpaired) electrons. The molecule has 7 nitrogen and oxygen atoms in total. The molecule has 1 aromatic heterocycles. The van der Waals surface area contributed by atoms with Crippen molar-refractivity contribution in [2.45, 2.75) is 23.7 Å². The lowest BCUT2D eigenvalue weighted by Gasteiger charge is -2.31. The van der Waals surface area contributed by atoms with Crippen molar-refractivity contribution >= 4 is 10.0 Å². The minimum absolute atomic E-state index is 0.0284. The molecule has 1 saturated heterocycles. The number of nitrogens with zero attached hydrogens (tertiary/aromatic N) is 4. The van der Waals surface area contributed by atoms with Crippen LogP contribution in [-0.4, -0.2) is 40.2 Å². The highest BCUT2D eigenvalue weighted by atomic mass is 32.2. The van der Waals surface area contributed by atoms with Crippen LogP contribution in [0.2, 0.25) is 0 Å². The van der Waals surface area contributed by atoms with Crippen molar-refractivity contribution < 1.29 is 17.2 Å². The van der Waals surface area contributed by atoms with Crippen molar-refractivity contribution in [2.24, 2.45) is 7.05 Å². The van der Waals surface area contributed by atoms with Gasteiger partial charge in [-0.2, -0.15) is 9.40 Å². The van der Waals surface area contributed by atoms with Crippen LogP contribution in [-0.2, 0) is 17.1 Å². The molecule has 0 aliphatic carbocycles. The topological polar surface area (TPSA) is 77.2 Å². The zero-order chi connectivity index (χ0) is 21.5. The fourth-order valence-electron chi connectivity index (χ4n) is 3.80. The number of piperidine rings is 1. The van der Waals surface area contributed by atoms with Crippen molar-refractivity contribution in [3.8, 4) is 5.69 Å². The van der Waals surface area contributed by atoms with E-state index >= 15 is 0 Å². The molecule has 0 unspecified atom stereocenters. The molecule has 0 bridgehead atoms. The Labute approximate surface area is 172 Å². The SMILES string of the molecule is Cn1nc([C@H]2CCCN(S(=O)(=O)c3c(F)cccc3F)C2)n(-c2ccccc2)c1=O. The standard InChI is InChI=1S/C20H20F2N4O3S/c1-24-20(27)26(15-8-3-2-4-9-15)19(23-24)14-7-6-12-25(13-14)30(28,29)18-16(21)10-5-11-17(18)22/h2-5,8-11,14H,6-7,12-13H2,1H3/t14-/m0/s1. The van der Waals surface area contributed by atoms with Gasteiger partial charge in [0.25, 0.3) is 0 Å². The largest absolute Gasteiger partial charge is 0.350 e. The van der Waals surface area contributed by atoms with E-state index in [0.29, 0.717) is 24.4 Å². The van der Waals surface area contributed by atoms with E-state index in [1.807, 2.05) is 6.07 Å². The zero-order valence-corrected chi connectivity index (χ0v) is 17.0. The molecule has 0 saturated carbocycles. The Hall–Kier alpha value is -2.85. The maximum absolute atomic E-state index is 14.2. The van der Waals surface area contributed by atoms with E-state index < -0.39 is 32.5 Å².